The molecule has 1 aliphatic heterocycles. The molecular weight excluding hydrogens is 561 g/mol. The lowest BCUT2D eigenvalue weighted by atomic mass is 9.83. The van der Waals surface area contributed by atoms with Crippen molar-refractivity contribution < 1.29 is 17.9 Å². The van der Waals surface area contributed by atoms with Crippen molar-refractivity contribution in [3.8, 4) is 17.1 Å². The zero-order valence-electron chi connectivity index (χ0n) is 24.5. The van der Waals surface area contributed by atoms with Crippen molar-refractivity contribution in [3.63, 3.8) is 0 Å². The number of H-pyrrole nitrogens is 1. The molecular formula is C29H37F3N10O. The smallest absolute Gasteiger partial charge is 0.451 e. The van der Waals surface area contributed by atoms with E-state index in [1.165, 1.54) is 6.07 Å². The zero-order chi connectivity index (χ0) is 30.4. The first-order chi connectivity index (χ1) is 20.4. The maximum absolute atomic E-state index is 13.5. The Balaban J connectivity index is 1.07. The normalized spacial score (nSPS) is 21.2. The zero-order valence-corrected chi connectivity index (χ0v) is 24.5. The highest BCUT2D eigenvalue weighted by atomic mass is 19.4. The molecule has 1 saturated heterocycles. The van der Waals surface area contributed by atoms with Crippen molar-refractivity contribution >= 4 is 11.0 Å². The molecule has 230 valence electrons. The van der Waals surface area contributed by atoms with E-state index < -0.39 is 12.0 Å². The van der Waals surface area contributed by atoms with Gasteiger partial charge in [-0.05, 0) is 52.5 Å². The number of likely N-dealkylation sites (tertiary alicyclic amines) is 1. The molecule has 2 aliphatic rings. The highest BCUT2D eigenvalue weighted by molar-refractivity contribution is 5.90. The molecule has 0 atom stereocenters. The molecule has 0 bridgehead atoms. The molecule has 11 nitrogen and oxygen atoms in total. The Bertz CT molecular complexity index is 1560. The maximum Gasteiger partial charge on any atom is 0.451 e. The van der Waals surface area contributed by atoms with Crippen LogP contribution in [0.15, 0.2) is 37.1 Å². The van der Waals surface area contributed by atoms with Gasteiger partial charge in [-0.2, -0.15) is 23.3 Å². The van der Waals surface area contributed by atoms with Gasteiger partial charge in [-0.1, -0.05) is 0 Å². The number of hydrogen-bond acceptors (Lipinski definition) is 9. The van der Waals surface area contributed by atoms with Gasteiger partial charge in [0.25, 0.3) is 0 Å². The molecule has 0 amide bonds. The second-order valence-corrected chi connectivity index (χ2v) is 12.6. The third-order valence-electron chi connectivity index (χ3n) is 8.33. The van der Waals surface area contributed by atoms with Crippen LogP contribution >= 0.6 is 0 Å². The van der Waals surface area contributed by atoms with E-state index in [9.17, 15) is 13.2 Å². The molecule has 0 radical (unpaired) electrons. The standard InChI is InChI=1S/C29H37F3N10O/c1-27(2,3)37-12-19-10-23(40-26(39-19)29(30,31)32)43-21-6-4-20(5-7-21)41-15-28(14-33,16-41)42-13-18(11-38-42)24-22-8-9-34-25(22)36-17-35-24/h8-11,13,17,20-21,37H,4-7,12,14-16,33H2,1-3H3,(H,34,35,36)/t20-,21+. The predicted octanol–water partition coefficient (Wildman–Crippen LogP) is 3.88. The number of halogens is 3. The van der Waals surface area contributed by atoms with Gasteiger partial charge in [0.05, 0.1) is 17.6 Å². The number of nitrogens with two attached hydrogens (primary N) is 1. The van der Waals surface area contributed by atoms with Crippen molar-refractivity contribution in [2.24, 2.45) is 5.73 Å². The summed E-state index contributed by atoms with van der Waals surface area (Å²) in [4.78, 5) is 21.7. The summed E-state index contributed by atoms with van der Waals surface area (Å²) >= 11 is 0. The number of ether oxygens (including phenoxy) is 1. The van der Waals surface area contributed by atoms with Crippen LogP contribution in [-0.2, 0) is 18.3 Å². The molecule has 0 aromatic carbocycles. The Morgan fingerprint density at radius 1 is 1.12 bits per heavy atom. The third-order valence-corrected chi connectivity index (χ3v) is 8.33. The van der Waals surface area contributed by atoms with Crippen LogP contribution in [0.25, 0.3) is 22.3 Å². The van der Waals surface area contributed by atoms with E-state index in [1.54, 1.807) is 6.33 Å². The molecule has 14 heteroatoms. The number of alkyl halides is 3. The number of hydrogen-bond donors (Lipinski definition) is 3. The van der Waals surface area contributed by atoms with Gasteiger partial charge in [-0.15, -0.1) is 0 Å². The fourth-order valence-electron chi connectivity index (χ4n) is 5.95. The molecule has 0 unspecified atom stereocenters. The number of rotatable bonds is 8. The second kappa shape index (κ2) is 11.1. The minimum absolute atomic E-state index is 0.0299. The lowest BCUT2D eigenvalue weighted by Crippen LogP contribution is -2.68. The fraction of sp³-hybridized carbons (Fsp3) is 0.552. The van der Waals surface area contributed by atoms with Crippen LogP contribution in [0.4, 0.5) is 13.2 Å². The molecule has 4 aromatic heterocycles. The summed E-state index contributed by atoms with van der Waals surface area (Å²) in [6.07, 6.45) is 5.55. The quantitative estimate of drug-likeness (QED) is 0.276. The third kappa shape index (κ3) is 6.22. The minimum Gasteiger partial charge on any atom is -0.474 e. The van der Waals surface area contributed by atoms with Gasteiger partial charge in [-0.25, -0.2) is 15.0 Å². The molecule has 4 N–H and O–H groups in total. The van der Waals surface area contributed by atoms with Crippen molar-refractivity contribution in [2.45, 2.75) is 82.4 Å². The van der Waals surface area contributed by atoms with Gasteiger partial charge in [0.2, 0.25) is 11.7 Å². The molecule has 4 aromatic rings. The van der Waals surface area contributed by atoms with Crippen LogP contribution in [0.3, 0.4) is 0 Å². The summed E-state index contributed by atoms with van der Waals surface area (Å²) in [5.41, 5.74) is 8.47. The van der Waals surface area contributed by atoms with Gasteiger partial charge in [0, 0.05) is 67.2 Å². The van der Waals surface area contributed by atoms with Gasteiger partial charge in [0.15, 0.2) is 0 Å². The molecule has 6 rings (SSSR count). The summed E-state index contributed by atoms with van der Waals surface area (Å²) in [5, 5.41) is 8.78. The van der Waals surface area contributed by atoms with Gasteiger partial charge < -0.3 is 20.8 Å². The van der Waals surface area contributed by atoms with Crippen molar-refractivity contribution in [2.75, 3.05) is 19.6 Å². The Labute approximate surface area is 247 Å². The minimum atomic E-state index is -4.65. The van der Waals surface area contributed by atoms with Crippen LogP contribution < -0.4 is 15.8 Å². The first-order valence-corrected chi connectivity index (χ1v) is 14.6. The van der Waals surface area contributed by atoms with E-state index in [4.69, 9.17) is 10.5 Å². The lowest BCUT2D eigenvalue weighted by molar-refractivity contribution is -0.145. The van der Waals surface area contributed by atoms with E-state index in [0.717, 1.165) is 61.1 Å². The monoisotopic (exact) mass is 598 g/mol. The average Bonchev–Trinajstić information content (AvgIpc) is 3.62. The van der Waals surface area contributed by atoms with Gasteiger partial charge >= 0.3 is 6.18 Å². The van der Waals surface area contributed by atoms with Crippen LogP contribution in [0.1, 0.15) is 58.0 Å². The number of nitrogens with zero attached hydrogens (tertiary/aromatic N) is 7. The first-order valence-electron chi connectivity index (χ1n) is 14.6. The lowest BCUT2D eigenvalue weighted by Gasteiger charge is -2.53. The highest BCUT2D eigenvalue weighted by Gasteiger charge is 2.47. The highest BCUT2D eigenvalue weighted by Crippen LogP contribution is 2.37. The molecule has 1 saturated carbocycles. The molecule has 1 aliphatic carbocycles. The first kappa shape index (κ1) is 29.5. The van der Waals surface area contributed by atoms with Gasteiger partial charge in [-0.3, -0.25) is 9.58 Å². The van der Waals surface area contributed by atoms with Crippen LogP contribution in [0, 0.1) is 0 Å². The van der Waals surface area contributed by atoms with Gasteiger partial charge in [0.1, 0.15) is 23.6 Å². The van der Waals surface area contributed by atoms with E-state index in [-0.39, 0.29) is 35.3 Å². The molecule has 5 heterocycles. The SMILES string of the molecule is CC(C)(C)NCc1cc(O[C@H]2CC[C@@H](N3CC(CN)(n4cc(-c5ncnc6[nH]ccc56)cn4)C3)CC2)nc(C(F)(F)F)n1. The van der Waals surface area contributed by atoms with E-state index in [1.807, 2.05) is 50.1 Å². The summed E-state index contributed by atoms with van der Waals surface area (Å²) in [6, 6.07) is 3.81. The average molecular weight is 599 g/mol. The number of nitrogens with one attached hydrogen (secondary N) is 2. The summed E-state index contributed by atoms with van der Waals surface area (Å²) in [5.74, 6) is -1.21. The van der Waals surface area contributed by atoms with Crippen LogP contribution in [-0.4, -0.2) is 76.9 Å². The predicted molar refractivity (Wildman–Crippen MR) is 154 cm³/mol. The van der Waals surface area contributed by atoms with Crippen molar-refractivity contribution in [1.82, 2.24) is 44.9 Å². The van der Waals surface area contributed by atoms with Crippen LogP contribution in [0.5, 0.6) is 5.88 Å². The number of aromatic amines is 1. The summed E-state index contributed by atoms with van der Waals surface area (Å²) in [7, 11) is 0. The number of aromatic nitrogens is 7. The Morgan fingerprint density at radius 3 is 2.58 bits per heavy atom. The molecule has 43 heavy (non-hydrogen) atoms. The second-order valence-electron chi connectivity index (χ2n) is 12.6. The largest absolute Gasteiger partial charge is 0.474 e. The van der Waals surface area contributed by atoms with Crippen molar-refractivity contribution in [1.29, 1.82) is 0 Å². The molecule has 2 fully saturated rings. The molecule has 0 spiro atoms. The summed E-state index contributed by atoms with van der Waals surface area (Å²) in [6.45, 7) is 8.01. The topological polar surface area (TPSA) is 136 Å². The van der Waals surface area contributed by atoms with Crippen LogP contribution in [0.2, 0.25) is 0 Å². The van der Waals surface area contributed by atoms with E-state index >= 15 is 0 Å². The number of fused-ring (bicyclic) bond motifs is 1. The Kier molecular flexibility index (Phi) is 7.63. The Hall–Kier alpha value is -3.62. The fourth-order valence-corrected chi connectivity index (χ4v) is 5.95. The van der Waals surface area contributed by atoms with E-state index in [0.29, 0.717) is 12.6 Å². The van der Waals surface area contributed by atoms with Crippen molar-refractivity contribution in [3.05, 3.63) is 48.6 Å². The van der Waals surface area contributed by atoms with E-state index in [2.05, 4.69) is 40.2 Å². The summed E-state index contributed by atoms with van der Waals surface area (Å²) < 4.78 is 48.5. The maximum atomic E-state index is 13.5. The Morgan fingerprint density at radius 2 is 1.88 bits per heavy atom.